The molecule has 0 bridgehead atoms. The lowest BCUT2D eigenvalue weighted by atomic mass is 10.0. The monoisotopic (exact) mass is 369 g/mol. The molecule has 136 valence electrons. The number of aromatic amines is 1. The molecule has 1 aromatic heterocycles. The van der Waals surface area contributed by atoms with Crippen LogP contribution in [-0.4, -0.2) is 22.7 Å². The fraction of sp³-hybridized carbons (Fsp3) is 0.188. The molecule has 1 aromatic carbocycles. The minimum atomic E-state index is -4.68. The van der Waals surface area contributed by atoms with Gasteiger partial charge < -0.3 is 15.1 Å². The number of pyridine rings is 1. The van der Waals surface area contributed by atoms with Crippen LogP contribution in [0.5, 0.6) is 0 Å². The number of carbonyl (C=O) groups excluding carboxylic acids is 1. The standard InChI is InChI=1S/C16H11F4N3O3/c17-10-3-1-2-8(4-10)11-6-13(26-23-11)15(25)22-12-5-9(16(18,19)20)7-21-14(12)24/h1-5,7,13H,6H2,(H,21,24)(H,22,25)/t13-/m0/s1. The van der Waals surface area contributed by atoms with E-state index in [4.69, 9.17) is 4.84 Å². The number of benzene rings is 1. The van der Waals surface area contributed by atoms with E-state index in [1.54, 1.807) is 6.07 Å². The summed E-state index contributed by atoms with van der Waals surface area (Å²) in [5.74, 6) is -1.33. The number of halogens is 4. The van der Waals surface area contributed by atoms with Crippen LogP contribution in [0, 0.1) is 5.82 Å². The summed E-state index contributed by atoms with van der Waals surface area (Å²) in [5, 5.41) is 5.79. The number of H-pyrrole nitrogens is 1. The van der Waals surface area contributed by atoms with Crippen molar-refractivity contribution in [1.82, 2.24) is 4.98 Å². The van der Waals surface area contributed by atoms with Crippen LogP contribution in [-0.2, 0) is 15.8 Å². The van der Waals surface area contributed by atoms with Crippen LogP contribution < -0.4 is 10.9 Å². The predicted molar refractivity (Wildman–Crippen MR) is 83.1 cm³/mol. The Balaban J connectivity index is 1.72. The number of alkyl halides is 3. The quantitative estimate of drug-likeness (QED) is 0.816. The van der Waals surface area contributed by atoms with E-state index in [2.05, 4.69) is 10.5 Å². The van der Waals surface area contributed by atoms with Gasteiger partial charge in [-0.05, 0) is 18.2 Å². The minimum Gasteiger partial charge on any atom is -0.382 e. The number of amides is 1. The number of carbonyl (C=O) groups is 1. The third kappa shape index (κ3) is 3.73. The molecule has 0 aliphatic carbocycles. The summed E-state index contributed by atoms with van der Waals surface area (Å²) < 4.78 is 51.3. The van der Waals surface area contributed by atoms with Gasteiger partial charge in [0.1, 0.15) is 11.5 Å². The summed E-state index contributed by atoms with van der Waals surface area (Å²) in [6, 6.07) is 6.01. The highest BCUT2D eigenvalue weighted by Crippen LogP contribution is 2.29. The highest BCUT2D eigenvalue weighted by molar-refractivity contribution is 6.06. The molecule has 0 saturated carbocycles. The number of nitrogens with zero attached hydrogens (tertiary/aromatic N) is 1. The second-order valence-electron chi connectivity index (χ2n) is 5.46. The van der Waals surface area contributed by atoms with Gasteiger partial charge in [-0.25, -0.2) is 4.39 Å². The van der Waals surface area contributed by atoms with E-state index < -0.39 is 40.8 Å². The van der Waals surface area contributed by atoms with Gasteiger partial charge in [-0.1, -0.05) is 17.3 Å². The summed E-state index contributed by atoms with van der Waals surface area (Å²) in [5.41, 5.74) is -1.85. The SMILES string of the molecule is O=C(Nc1cc(C(F)(F)F)c[nH]c1=O)[C@@H]1CC(c2cccc(F)c2)=NO1. The number of anilines is 1. The molecule has 1 amide bonds. The molecule has 2 aromatic rings. The van der Waals surface area contributed by atoms with Gasteiger partial charge in [0, 0.05) is 18.2 Å². The van der Waals surface area contributed by atoms with E-state index >= 15 is 0 Å². The summed E-state index contributed by atoms with van der Waals surface area (Å²) in [6.45, 7) is 0. The van der Waals surface area contributed by atoms with Crippen molar-refractivity contribution < 1.29 is 27.2 Å². The Kier molecular flexibility index (Phi) is 4.49. The molecule has 26 heavy (non-hydrogen) atoms. The van der Waals surface area contributed by atoms with Crippen molar-refractivity contribution in [3.8, 4) is 0 Å². The van der Waals surface area contributed by atoms with Crippen LogP contribution in [0.15, 0.2) is 46.5 Å². The van der Waals surface area contributed by atoms with Gasteiger partial charge in [-0.15, -0.1) is 0 Å². The first kappa shape index (κ1) is 17.6. The van der Waals surface area contributed by atoms with E-state index in [-0.39, 0.29) is 6.42 Å². The molecule has 0 spiro atoms. The summed E-state index contributed by atoms with van der Waals surface area (Å²) in [4.78, 5) is 30.6. The normalized spacial score (nSPS) is 16.8. The van der Waals surface area contributed by atoms with E-state index in [0.29, 0.717) is 23.5 Å². The van der Waals surface area contributed by atoms with Gasteiger partial charge in [-0.3, -0.25) is 9.59 Å². The van der Waals surface area contributed by atoms with Crippen LogP contribution in [0.4, 0.5) is 23.2 Å². The second-order valence-corrected chi connectivity index (χ2v) is 5.46. The van der Waals surface area contributed by atoms with Gasteiger partial charge in [0.2, 0.25) is 6.10 Å². The maximum atomic E-state index is 13.2. The van der Waals surface area contributed by atoms with Gasteiger partial charge in [0.05, 0.1) is 11.3 Å². The molecule has 0 unspecified atom stereocenters. The third-order valence-electron chi connectivity index (χ3n) is 3.61. The Morgan fingerprint density at radius 3 is 2.77 bits per heavy atom. The lowest BCUT2D eigenvalue weighted by Crippen LogP contribution is -2.31. The maximum absolute atomic E-state index is 13.2. The zero-order chi connectivity index (χ0) is 18.9. The highest BCUT2D eigenvalue weighted by atomic mass is 19.4. The largest absolute Gasteiger partial charge is 0.417 e. The van der Waals surface area contributed by atoms with Crippen molar-refractivity contribution in [2.45, 2.75) is 18.7 Å². The lowest BCUT2D eigenvalue weighted by molar-refractivity contribution is -0.137. The zero-order valence-electron chi connectivity index (χ0n) is 12.9. The Morgan fingerprint density at radius 1 is 1.31 bits per heavy atom. The molecular weight excluding hydrogens is 358 g/mol. The number of rotatable bonds is 3. The second kappa shape index (κ2) is 6.62. The number of hydrogen-bond acceptors (Lipinski definition) is 4. The molecule has 0 saturated heterocycles. The first-order valence-electron chi connectivity index (χ1n) is 7.33. The smallest absolute Gasteiger partial charge is 0.382 e. The van der Waals surface area contributed by atoms with Crippen molar-refractivity contribution in [3.05, 3.63) is 63.8 Å². The van der Waals surface area contributed by atoms with Crippen LogP contribution >= 0.6 is 0 Å². The third-order valence-corrected chi connectivity index (χ3v) is 3.61. The zero-order valence-corrected chi connectivity index (χ0v) is 12.9. The molecule has 1 aliphatic heterocycles. The Hall–Kier alpha value is -3.17. The average molecular weight is 369 g/mol. The van der Waals surface area contributed by atoms with E-state index in [1.807, 2.05) is 4.98 Å². The molecule has 0 fully saturated rings. The number of aromatic nitrogens is 1. The maximum Gasteiger partial charge on any atom is 0.417 e. The van der Waals surface area contributed by atoms with Gasteiger partial charge >= 0.3 is 6.18 Å². The van der Waals surface area contributed by atoms with Crippen molar-refractivity contribution >= 4 is 17.3 Å². The first-order valence-corrected chi connectivity index (χ1v) is 7.33. The van der Waals surface area contributed by atoms with E-state index in [0.717, 1.165) is 0 Å². The highest BCUT2D eigenvalue weighted by Gasteiger charge is 2.33. The van der Waals surface area contributed by atoms with Gasteiger partial charge in [0.25, 0.3) is 11.5 Å². The van der Waals surface area contributed by atoms with Crippen LogP contribution in [0.2, 0.25) is 0 Å². The molecule has 2 heterocycles. The Morgan fingerprint density at radius 2 is 2.08 bits per heavy atom. The fourth-order valence-corrected chi connectivity index (χ4v) is 2.31. The molecule has 10 heteroatoms. The Bertz CT molecular complexity index is 937. The van der Waals surface area contributed by atoms with Gasteiger partial charge in [-0.2, -0.15) is 13.2 Å². The fourth-order valence-electron chi connectivity index (χ4n) is 2.31. The van der Waals surface area contributed by atoms with Gasteiger partial charge in [0.15, 0.2) is 0 Å². The van der Waals surface area contributed by atoms with Crippen molar-refractivity contribution in [1.29, 1.82) is 0 Å². The molecule has 3 rings (SSSR count). The van der Waals surface area contributed by atoms with Crippen LogP contribution in [0.3, 0.4) is 0 Å². The predicted octanol–water partition coefficient (Wildman–Crippen LogP) is 2.66. The molecule has 0 radical (unpaired) electrons. The average Bonchev–Trinajstić information content (AvgIpc) is 3.06. The topological polar surface area (TPSA) is 83.5 Å². The van der Waals surface area contributed by atoms with Crippen LogP contribution in [0.1, 0.15) is 17.5 Å². The van der Waals surface area contributed by atoms with Crippen molar-refractivity contribution in [3.63, 3.8) is 0 Å². The molecule has 1 atom stereocenters. The van der Waals surface area contributed by atoms with Crippen molar-refractivity contribution in [2.75, 3.05) is 5.32 Å². The van der Waals surface area contributed by atoms with Crippen LogP contribution in [0.25, 0.3) is 0 Å². The number of hydrogen-bond donors (Lipinski definition) is 2. The summed E-state index contributed by atoms with van der Waals surface area (Å²) >= 11 is 0. The molecule has 1 aliphatic rings. The van der Waals surface area contributed by atoms with Crippen molar-refractivity contribution in [2.24, 2.45) is 5.16 Å². The first-order chi connectivity index (χ1) is 12.2. The van der Waals surface area contributed by atoms with E-state index in [9.17, 15) is 27.2 Å². The minimum absolute atomic E-state index is 0.0217. The summed E-state index contributed by atoms with van der Waals surface area (Å²) in [7, 11) is 0. The van der Waals surface area contributed by atoms with E-state index in [1.165, 1.54) is 18.2 Å². The number of oxime groups is 1. The molecular formula is C16H11F4N3O3. The number of nitrogens with one attached hydrogen (secondary N) is 2. The lowest BCUT2D eigenvalue weighted by Gasteiger charge is -2.11. The molecule has 6 nitrogen and oxygen atoms in total. The molecule has 2 N–H and O–H groups in total. The Labute approximate surface area is 143 Å². The summed E-state index contributed by atoms with van der Waals surface area (Å²) in [6.07, 6.45) is -5.34.